The van der Waals surface area contributed by atoms with Crippen LogP contribution in [0.5, 0.6) is 0 Å². The molecule has 3 heteroatoms. The molecule has 0 aliphatic carbocycles. The zero-order valence-corrected chi connectivity index (χ0v) is 13.2. The van der Waals surface area contributed by atoms with Gasteiger partial charge in [-0.2, -0.15) is 0 Å². The van der Waals surface area contributed by atoms with Gasteiger partial charge in [0.1, 0.15) is 12.4 Å². The Kier molecular flexibility index (Phi) is 6.03. The van der Waals surface area contributed by atoms with Crippen molar-refractivity contribution in [2.75, 3.05) is 13.2 Å². The predicted molar refractivity (Wildman–Crippen MR) is 85.3 cm³/mol. The minimum Gasteiger partial charge on any atom is -0.467 e. The standard InChI is InChI=1S/C18H25NO2/c1-14-10-15(2)12-17(11-14)16(3)19-7-5-8-20-13-18-6-4-9-21-18/h4,6,9-12,16,19H,5,7-8,13H2,1-3H3. The number of benzene rings is 1. The van der Waals surface area contributed by atoms with E-state index in [9.17, 15) is 0 Å². The normalized spacial score (nSPS) is 12.5. The molecule has 2 rings (SSSR count). The highest BCUT2D eigenvalue weighted by molar-refractivity contribution is 5.30. The van der Waals surface area contributed by atoms with Gasteiger partial charge in [0.15, 0.2) is 0 Å². The van der Waals surface area contributed by atoms with Crippen molar-refractivity contribution in [3.63, 3.8) is 0 Å². The summed E-state index contributed by atoms with van der Waals surface area (Å²) < 4.78 is 10.8. The van der Waals surface area contributed by atoms with E-state index in [1.807, 2.05) is 12.1 Å². The van der Waals surface area contributed by atoms with E-state index >= 15 is 0 Å². The van der Waals surface area contributed by atoms with Crippen molar-refractivity contribution in [1.82, 2.24) is 5.32 Å². The van der Waals surface area contributed by atoms with Gasteiger partial charge in [-0.15, -0.1) is 0 Å². The van der Waals surface area contributed by atoms with Crippen molar-refractivity contribution in [2.45, 2.75) is 39.8 Å². The van der Waals surface area contributed by atoms with Gasteiger partial charge in [-0.3, -0.25) is 0 Å². The second-order valence-corrected chi connectivity index (χ2v) is 5.58. The molecule has 0 aliphatic rings. The SMILES string of the molecule is Cc1cc(C)cc(C(C)NCCCOCc2ccco2)c1. The van der Waals surface area contributed by atoms with E-state index < -0.39 is 0 Å². The average molecular weight is 287 g/mol. The van der Waals surface area contributed by atoms with Crippen LogP contribution < -0.4 is 5.32 Å². The van der Waals surface area contributed by atoms with Gasteiger partial charge in [-0.05, 0) is 51.4 Å². The summed E-state index contributed by atoms with van der Waals surface area (Å²) in [6.07, 6.45) is 2.67. The van der Waals surface area contributed by atoms with E-state index in [4.69, 9.17) is 9.15 Å². The monoisotopic (exact) mass is 287 g/mol. The van der Waals surface area contributed by atoms with Gasteiger partial charge in [-0.1, -0.05) is 29.3 Å². The molecule has 21 heavy (non-hydrogen) atoms. The van der Waals surface area contributed by atoms with Crippen molar-refractivity contribution in [3.8, 4) is 0 Å². The molecule has 0 fully saturated rings. The van der Waals surface area contributed by atoms with Crippen LogP contribution in [0.1, 0.15) is 41.8 Å². The van der Waals surface area contributed by atoms with Crippen LogP contribution in [0.2, 0.25) is 0 Å². The lowest BCUT2D eigenvalue weighted by Gasteiger charge is -2.15. The molecule has 0 saturated carbocycles. The summed E-state index contributed by atoms with van der Waals surface area (Å²) in [5.41, 5.74) is 3.99. The van der Waals surface area contributed by atoms with Crippen molar-refractivity contribution in [2.24, 2.45) is 0 Å². The summed E-state index contributed by atoms with van der Waals surface area (Å²) in [5, 5.41) is 3.54. The summed E-state index contributed by atoms with van der Waals surface area (Å²) in [5.74, 6) is 0.881. The largest absolute Gasteiger partial charge is 0.467 e. The Bertz CT molecular complexity index is 514. The van der Waals surface area contributed by atoms with Gasteiger partial charge >= 0.3 is 0 Å². The number of rotatable bonds is 8. The number of hydrogen-bond donors (Lipinski definition) is 1. The molecular formula is C18H25NO2. The molecular weight excluding hydrogens is 262 g/mol. The number of aryl methyl sites for hydroxylation is 2. The first kappa shape index (κ1) is 15.8. The fourth-order valence-electron chi connectivity index (χ4n) is 2.44. The van der Waals surface area contributed by atoms with Crippen LogP contribution in [0, 0.1) is 13.8 Å². The third kappa shape index (κ3) is 5.37. The van der Waals surface area contributed by atoms with Crippen molar-refractivity contribution in [1.29, 1.82) is 0 Å². The summed E-state index contributed by atoms with van der Waals surface area (Å²) in [6.45, 7) is 8.74. The van der Waals surface area contributed by atoms with Gasteiger partial charge in [0.2, 0.25) is 0 Å². The molecule has 1 aromatic heterocycles. The van der Waals surface area contributed by atoms with Gasteiger partial charge in [0.25, 0.3) is 0 Å². The summed E-state index contributed by atoms with van der Waals surface area (Å²) in [6, 6.07) is 10.9. The average Bonchev–Trinajstić information content (AvgIpc) is 2.94. The highest BCUT2D eigenvalue weighted by Gasteiger charge is 2.05. The molecule has 1 heterocycles. The van der Waals surface area contributed by atoms with E-state index in [1.165, 1.54) is 16.7 Å². The third-order valence-corrected chi connectivity index (χ3v) is 3.48. The molecule has 114 valence electrons. The lowest BCUT2D eigenvalue weighted by molar-refractivity contribution is 0.104. The second kappa shape index (κ2) is 8.01. The molecule has 0 radical (unpaired) electrons. The van der Waals surface area contributed by atoms with E-state index in [0.29, 0.717) is 12.6 Å². The maximum absolute atomic E-state index is 5.57. The fraction of sp³-hybridized carbons (Fsp3) is 0.444. The van der Waals surface area contributed by atoms with Gasteiger partial charge in [0.05, 0.1) is 6.26 Å². The minimum absolute atomic E-state index is 0.369. The summed E-state index contributed by atoms with van der Waals surface area (Å²) in [4.78, 5) is 0. The van der Waals surface area contributed by atoms with Crippen LogP contribution in [-0.4, -0.2) is 13.2 Å². The Balaban J connectivity index is 1.63. The van der Waals surface area contributed by atoms with Crippen molar-refractivity contribution < 1.29 is 9.15 Å². The highest BCUT2D eigenvalue weighted by Crippen LogP contribution is 2.16. The lowest BCUT2D eigenvalue weighted by Crippen LogP contribution is -2.21. The molecule has 1 N–H and O–H groups in total. The fourth-order valence-corrected chi connectivity index (χ4v) is 2.44. The van der Waals surface area contributed by atoms with Crippen LogP contribution >= 0.6 is 0 Å². The molecule has 1 atom stereocenters. The van der Waals surface area contributed by atoms with Gasteiger partial charge < -0.3 is 14.5 Å². The first-order valence-electron chi connectivity index (χ1n) is 7.57. The van der Waals surface area contributed by atoms with Crippen LogP contribution in [0.4, 0.5) is 0 Å². The van der Waals surface area contributed by atoms with E-state index in [2.05, 4.69) is 44.3 Å². The van der Waals surface area contributed by atoms with Crippen LogP contribution in [0.25, 0.3) is 0 Å². The molecule has 0 amide bonds. The third-order valence-electron chi connectivity index (χ3n) is 3.48. The Morgan fingerprint density at radius 2 is 1.95 bits per heavy atom. The number of ether oxygens (including phenoxy) is 1. The summed E-state index contributed by atoms with van der Waals surface area (Å²) >= 11 is 0. The zero-order valence-electron chi connectivity index (χ0n) is 13.2. The highest BCUT2D eigenvalue weighted by atomic mass is 16.5. The number of furan rings is 1. The molecule has 0 bridgehead atoms. The lowest BCUT2D eigenvalue weighted by atomic mass is 10.0. The Labute approximate surface area is 127 Å². The number of hydrogen-bond acceptors (Lipinski definition) is 3. The van der Waals surface area contributed by atoms with Crippen molar-refractivity contribution >= 4 is 0 Å². The van der Waals surface area contributed by atoms with Crippen LogP contribution in [0.3, 0.4) is 0 Å². The quantitative estimate of drug-likeness (QED) is 0.740. The topological polar surface area (TPSA) is 34.4 Å². The number of nitrogens with one attached hydrogen (secondary N) is 1. The second-order valence-electron chi connectivity index (χ2n) is 5.58. The predicted octanol–water partition coefficient (Wildman–Crippen LogP) is 4.15. The molecule has 3 nitrogen and oxygen atoms in total. The minimum atomic E-state index is 0.369. The van der Waals surface area contributed by atoms with E-state index in [0.717, 1.165) is 25.3 Å². The molecule has 0 spiro atoms. The first-order valence-corrected chi connectivity index (χ1v) is 7.57. The zero-order chi connectivity index (χ0) is 15.1. The maximum Gasteiger partial charge on any atom is 0.129 e. The molecule has 2 aromatic rings. The van der Waals surface area contributed by atoms with Crippen LogP contribution in [-0.2, 0) is 11.3 Å². The maximum atomic E-state index is 5.57. The van der Waals surface area contributed by atoms with E-state index in [-0.39, 0.29) is 0 Å². The Hall–Kier alpha value is -1.58. The molecule has 1 aromatic carbocycles. The molecule has 0 saturated heterocycles. The molecule has 0 aliphatic heterocycles. The molecule has 1 unspecified atom stereocenters. The van der Waals surface area contributed by atoms with Gasteiger partial charge in [-0.25, -0.2) is 0 Å². The Morgan fingerprint density at radius 3 is 2.62 bits per heavy atom. The Morgan fingerprint density at radius 1 is 1.19 bits per heavy atom. The van der Waals surface area contributed by atoms with Gasteiger partial charge in [0, 0.05) is 12.6 Å². The smallest absolute Gasteiger partial charge is 0.129 e. The van der Waals surface area contributed by atoms with Crippen LogP contribution in [0.15, 0.2) is 41.0 Å². The first-order chi connectivity index (χ1) is 10.1. The van der Waals surface area contributed by atoms with E-state index in [1.54, 1.807) is 6.26 Å². The van der Waals surface area contributed by atoms with Crippen molar-refractivity contribution in [3.05, 3.63) is 59.0 Å². The summed E-state index contributed by atoms with van der Waals surface area (Å²) in [7, 11) is 0.